The molecule has 3 aromatic carbocycles. The molecule has 6 nitrogen and oxygen atoms in total. The van der Waals surface area contributed by atoms with E-state index in [1.807, 2.05) is 26.0 Å². The Morgan fingerprint density at radius 1 is 1.00 bits per heavy atom. The Balaban J connectivity index is 1.92. The number of aliphatic carboxylic acids is 1. The standard InChI is InChI=1S/C27H26ClNO5S/c1-3-34-22-12-8-19(9-13-22)25-17-16-24(27(30)31)26(20-6-10-21(28)11-7-20)29(25)35(32,33)23-14-4-18(2)5-15-23/h4-16,25-26H,3,17H2,1-2H3,(H,30,31)/t25-,26-/m0/s1. The molecule has 35 heavy (non-hydrogen) atoms. The van der Waals surface area contributed by atoms with Gasteiger partial charge in [-0.05, 0) is 67.8 Å². The summed E-state index contributed by atoms with van der Waals surface area (Å²) in [6, 6.07) is 18.7. The Morgan fingerprint density at radius 2 is 1.60 bits per heavy atom. The number of rotatable bonds is 7. The molecule has 8 heteroatoms. The summed E-state index contributed by atoms with van der Waals surface area (Å²) in [5, 5.41) is 10.5. The van der Waals surface area contributed by atoms with Crippen molar-refractivity contribution in [1.82, 2.24) is 4.31 Å². The molecule has 4 rings (SSSR count). The highest BCUT2D eigenvalue weighted by atomic mass is 35.5. The highest BCUT2D eigenvalue weighted by molar-refractivity contribution is 7.89. The second-order valence-corrected chi connectivity index (χ2v) is 10.6. The third-order valence-electron chi connectivity index (χ3n) is 6.02. The first-order valence-corrected chi connectivity index (χ1v) is 13.1. The molecule has 0 unspecified atom stereocenters. The Hall–Kier alpha value is -3.13. The molecule has 1 aliphatic rings. The van der Waals surface area contributed by atoms with Crippen LogP contribution < -0.4 is 4.74 Å². The van der Waals surface area contributed by atoms with Gasteiger partial charge in [-0.3, -0.25) is 0 Å². The Morgan fingerprint density at radius 3 is 2.17 bits per heavy atom. The molecule has 0 spiro atoms. The van der Waals surface area contributed by atoms with Crippen LogP contribution in [0.4, 0.5) is 0 Å². The third-order valence-corrected chi connectivity index (χ3v) is 8.16. The van der Waals surface area contributed by atoms with Gasteiger partial charge in [0.05, 0.1) is 29.2 Å². The number of nitrogens with zero attached hydrogens (tertiary/aromatic N) is 1. The number of carboxylic acid groups (broad SMARTS) is 1. The lowest BCUT2D eigenvalue weighted by Crippen LogP contribution is -2.42. The van der Waals surface area contributed by atoms with E-state index >= 15 is 0 Å². The molecule has 1 heterocycles. The monoisotopic (exact) mass is 511 g/mol. The van der Waals surface area contributed by atoms with Crippen molar-refractivity contribution in [3.8, 4) is 5.75 Å². The molecule has 0 amide bonds. The van der Waals surface area contributed by atoms with Gasteiger partial charge in [-0.1, -0.05) is 59.6 Å². The van der Waals surface area contributed by atoms with E-state index in [9.17, 15) is 18.3 Å². The van der Waals surface area contributed by atoms with Gasteiger partial charge in [-0.25, -0.2) is 13.2 Å². The molecule has 0 saturated heterocycles. The van der Waals surface area contributed by atoms with Crippen LogP contribution in [0.15, 0.2) is 89.3 Å². The van der Waals surface area contributed by atoms with E-state index in [2.05, 4.69) is 0 Å². The number of ether oxygens (including phenoxy) is 1. The fourth-order valence-corrected chi connectivity index (χ4v) is 6.23. The molecule has 0 saturated carbocycles. The number of hydrogen-bond donors (Lipinski definition) is 1. The van der Waals surface area contributed by atoms with Crippen molar-refractivity contribution in [2.45, 2.75) is 37.2 Å². The van der Waals surface area contributed by atoms with E-state index in [4.69, 9.17) is 16.3 Å². The van der Waals surface area contributed by atoms with E-state index in [0.29, 0.717) is 22.9 Å². The minimum atomic E-state index is -4.11. The Labute approximate surface area is 210 Å². The van der Waals surface area contributed by atoms with Crippen molar-refractivity contribution in [2.75, 3.05) is 6.61 Å². The van der Waals surface area contributed by atoms with Gasteiger partial charge in [-0.2, -0.15) is 4.31 Å². The third kappa shape index (κ3) is 5.12. The first-order valence-electron chi connectivity index (χ1n) is 11.2. The van der Waals surface area contributed by atoms with Crippen LogP contribution in [-0.4, -0.2) is 30.4 Å². The van der Waals surface area contributed by atoms with E-state index in [1.54, 1.807) is 66.7 Å². The first-order chi connectivity index (χ1) is 16.7. The van der Waals surface area contributed by atoms with Gasteiger partial charge in [0.2, 0.25) is 10.0 Å². The second-order valence-electron chi connectivity index (χ2n) is 8.32. The lowest BCUT2D eigenvalue weighted by Gasteiger charge is -2.40. The maximum Gasteiger partial charge on any atom is 0.333 e. The van der Waals surface area contributed by atoms with Crippen molar-refractivity contribution in [1.29, 1.82) is 0 Å². The van der Waals surface area contributed by atoms with Crippen molar-refractivity contribution in [3.05, 3.63) is 106 Å². The zero-order valence-corrected chi connectivity index (χ0v) is 21.0. The topological polar surface area (TPSA) is 83.9 Å². The van der Waals surface area contributed by atoms with E-state index in [0.717, 1.165) is 11.1 Å². The van der Waals surface area contributed by atoms with Crippen LogP contribution >= 0.6 is 11.6 Å². The second kappa shape index (κ2) is 10.2. The minimum Gasteiger partial charge on any atom is -0.494 e. The van der Waals surface area contributed by atoms with Crippen molar-refractivity contribution in [3.63, 3.8) is 0 Å². The normalized spacial score (nSPS) is 18.7. The number of carbonyl (C=O) groups is 1. The van der Waals surface area contributed by atoms with Crippen LogP contribution in [0.3, 0.4) is 0 Å². The molecule has 1 N–H and O–H groups in total. The lowest BCUT2D eigenvalue weighted by atomic mass is 9.89. The summed E-state index contributed by atoms with van der Waals surface area (Å²) >= 11 is 6.08. The van der Waals surface area contributed by atoms with Gasteiger partial charge in [0.25, 0.3) is 0 Å². The van der Waals surface area contributed by atoms with Crippen LogP contribution in [0, 0.1) is 6.92 Å². The zero-order valence-electron chi connectivity index (χ0n) is 19.4. The van der Waals surface area contributed by atoms with Gasteiger partial charge in [0.15, 0.2) is 0 Å². The fourth-order valence-electron chi connectivity index (χ4n) is 4.32. The number of sulfonamides is 1. The summed E-state index contributed by atoms with van der Waals surface area (Å²) in [5.41, 5.74) is 2.19. The summed E-state index contributed by atoms with van der Waals surface area (Å²) in [6.45, 7) is 4.28. The Bertz CT molecular complexity index is 1330. The zero-order chi connectivity index (χ0) is 25.2. The minimum absolute atomic E-state index is 0.00481. The highest BCUT2D eigenvalue weighted by Crippen LogP contribution is 2.46. The molecule has 0 bridgehead atoms. The summed E-state index contributed by atoms with van der Waals surface area (Å²) < 4.78 is 35.1. The average molecular weight is 512 g/mol. The van der Waals surface area contributed by atoms with E-state index in [1.165, 1.54) is 4.31 Å². The van der Waals surface area contributed by atoms with Gasteiger partial charge in [0.1, 0.15) is 5.75 Å². The van der Waals surface area contributed by atoms with Crippen LogP contribution in [0.25, 0.3) is 0 Å². The number of halogens is 1. The molecular formula is C27H26ClNO5S. The number of aryl methyl sites for hydroxylation is 1. The maximum atomic E-state index is 14.1. The smallest absolute Gasteiger partial charge is 0.333 e. The van der Waals surface area contributed by atoms with Crippen molar-refractivity contribution in [2.24, 2.45) is 0 Å². The fraction of sp³-hybridized carbons (Fsp3) is 0.222. The maximum absolute atomic E-state index is 14.1. The predicted octanol–water partition coefficient (Wildman–Crippen LogP) is 5.94. The quantitative estimate of drug-likeness (QED) is 0.424. The van der Waals surface area contributed by atoms with Gasteiger partial charge in [-0.15, -0.1) is 0 Å². The van der Waals surface area contributed by atoms with Crippen molar-refractivity contribution < 1.29 is 23.1 Å². The summed E-state index contributed by atoms with van der Waals surface area (Å²) in [4.78, 5) is 12.4. The average Bonchev–Trinajstić information content (AvgIpc) is 2.84. The van der Waals surface area contributed by atoms with Crippen LogP contribution in [0.1, 0.15) is 42.1 Å². The number of carboxylic acids is 1. The molecular weight excluding hydrogens is 486 g/mol. The van der Waals surface area contributed by atoms with Crippen LogP contribution in [0.5, 0.6) is 5.75 Å². The van der Waals surface area contributed by atoms with E-state index in [-0.39, 0.29) is 16.9 Å². The summed E-state index contributed by atoms with van der Waals surface area (Å²) in [7, 11) is -4.11. The molecule has 182 valence electrons. The summed E-state index contributed by atoms with van der Waals surface area (Å²) in [6.07, 6.45) is 1.83. The number of hydrogen-bond acceptors (Lipinski definition) is 4. The van der Waals surface area contributed by atoms with Crippen LogP contribution in [-0.2, 0) is 14.8 Å². The van der Waals surface area contributed by atoms with Crippen LogP contribution in [0.2, 0.25) is 5.02 Å². The summed E-state index contributed by atoms with van der Waals surface area (Å²) in [5.74, 6) is -0.491. The SMILES string of the molecule is CCOc1ccc([C@@H]2CC=C(C(=O)O)[C@H](c3ccc(Cl)cc3)N2S(=O)(=O)c2ccc(C)cc2)cc1. The molecule has 0 fully saturated rings. The van der Waals surface area contributed by atoms with Gasteiger partial charge >= 0.3 is 5.97 Å². The largest absolute Gasteiger partial charge is 0.494 e. The predicted molar refractivity (Wildman–Crippen MR) is 135 cm³/mol. The van der Waals surface area contributed by atoms with Crippen molar-refractivity contribution >= 4 is 27.6 Å². The van der Waals surface area contributed by atoms with Gasteiger partial charge < -0.3 is 9.84 Å². The first kappa shape index (κ1) is 25.0. The molecule has 0 aliphatic carbocycles. The van der Waals surface area contributed by atoms with E-state index < -0.39 is 28.1 Å². The molecule has 3 aromatic rings. The molecule has 1 aliphatic heterocycles. The molecule has 2 atom stereocenters. The highest BCUT2D eigenvalue weighted by Gasteiger charge is 2.44. The number of benzene rings is 3. The molecule has 0 radical (unpaired) electrons. The lowest BCUT2D eigenvalue weighted by molar-refractivity contribution is -0.133. The molecule has 0 aromatic heterocycles. The Kier molecular flexibility index (Phi) is 7.31. The van der Waals surface area contributed by atoms with Gasteiger partial charge in [0, 0.05) is 5.02 Å².